The molecule has 1 rings (SSSR count). The third-order valence-corrected chi connectivity index (χ3v) is 1.21. The Balaban J connectivity index is 2.31. The number of hydrogen-bond donors (Lipinski definition) is 1. The topological polar surface area (TPSA) is 85.5 Å². The van der Waals surface area contributed by atoms with Gasteiger partial charge >= 0.3 is 5.97 Å². The van der Waals surface area contributed by atoms with Gasteiger partial charge in [-0.15, -0.1) is 0 Å². The SMILES string of the molecule is CC(OCc1ncno1)C(=O)O. The molecule has 66 valence electrons. The number of carboxylic acid groups (broad SMARTS) is 1. The fourth-order valence-electron chi connectivity index (χ4n) is 0.527. The van der Waals surface area contributed by atoms with E-state index >= 15 is 0 Å². The molecular weight excluding hydrogens is 164 g/mol. The van der Waals surface area contributed by atoms with Crippen LogP contribution in [-0.4, -0.2) is 27.3 Å². The predicted molar refractivity (Wildman–Crippen MR) is 36.2 cm³/mol. The summed E-state index contributed by atoms with van der Waals surface area (Å²) in [5.74, 6) is -0.752. The Hall–Kier alpha value is -1.43. The van der Waals surface area contributed by atoms with Gasteiger partial charge in [0.25, 0.3) is 5.89 Å². The zero-order valence-electron chi connectivity index (χ0n) is 6.43. The lowest BCUT2D eigenvalue weighted by atomic mass is 10.4. The maximum absolute atomic E-state index is 10.3. The number of carbonyl (C=O) groups is 1. The second-order valence-electron chi connectivity index (χ2n) is 2.13. The van der Waals surface area contributed by atoms with E-state index in [0.29, 0.717) is 0 Å². The smallest absolute Gasteiger partial charge is 0.332 e. The van der Waals surface area contributed by atoms with Crippen molar-refractivity contribution in [3.63, 3.8) is 0 Å². The lowest BCUT2D eigenvalue weighted by molar-refractivity contribution is -0.150. The minimum Gasteiger partial charge on any atom is -0.479 e. The number of aromatic nitrogens is 2. The maximum Gasteiger partial charge on any atom is 0.332 e. The summed E-state index contributed by atoms with van der Waals surface area (Å²) in [7, 11) is 0. The van der Waals surface area contributed by atoms with Crippen LogP contribution in [0.15, 0.2) is 10.9 Å². The summed E-state index contributed by atoms with van der Waals surface area (Å²) < 4.78 is 9.44. The maximum atomic E-state index is 10.3. The van der Waals surface area contributed by atoms with Gasteiger partial charge in [0.2, 0.25) is 0 Å². The van der Waals surface area contributed by atoms with Gasteiger partial charge in [-0.3, -0.25) is 0 Å². The molecule has 0 amide bonds. The van der Waals surface area contributed by atoms with Gasteiger partial charge in [-0.1, -0.05) is 5.16 Å². The van der Waals surface area contributed by atoms with Crippen LogP contribution in [0.4, 0.5) is 0 Å². The van der Waals surface area contributed by atoms with Crippen molar-refractivity contribution in [1.82, 2.24) is 10.1 Å². The van der Waals surface area contributed by atoms with E-state index in [4.69, 9.17) is 9.84 Å². The summed E-state index contributed by atoms with van der Waals surface area (Å²) in [4.78, 5) is 13.9. The minimum atomic E-state index is -1.02. The molecule has 0 aromatic carbocycles. The molecule has 1 aromatic rings. The number of nitrogens with zero attached hydrogens (tertiary/aromatic N) is 2. The van der Waals surface area contributed by atoms with Gasteiger partial charge in [0.1, 0.15) is 6.61 Å². The highest BCUT2D eigenvalue weighted by molar-refractivity contribution is 5.71. The predicted octanol–water partition coefficient (Wildman–Crippen LogP) is 0.0593. The van der Waals surface area contributed by atoms with E-state index in [-0.39, 0.29) is 12.5 Å². The first-order chi connectivity index (χ1) is 5.70. The van der Waals surface area contributed by atoms with Crippen molar-refractivity contribution in [2.75, 3.05) is 0 Å². The molecule has 0 aliphatic rings. The molecule has 12 heavy (non-hydrogen) atoms. The molecule has 0 fully saturated rings. The quantitative estimate of drug-likeness (QED) is 0.691. The molecule has 1 heterocycles. The first kappa shape index (κ1) is 8.66. The van der Waals surface area contributed by atoms with Crippen molar-refractivity contribution < 1.29 is 19.2 Å². The van der Waals surface area contributed by atoms with E-state index in [1.54, 1.807) is 0 Å². The molecule has 0 aliphatic heterocycles. The molecule has 0 bridgehead atoms. The third kappa shape index (κ3) is 2.31. The Labute approximate surface area is 68.1 Å². The Bertz CT molecular complexity index is 246. The van der Waals surface area contributed by atoms with Crippen molar-refractivity contribution in [3.8, 4) is 0 Å². The van der Waals surface area contributed by atoms with Crippen LogP contribution in [0.2, 0.25) is 0 Å². The zero-order chi connectivity index (χ0) is 8.97. The van der Waals surface area contributed by atoms with Gasteiger partial charge in [0.15, 0.2) is 12.4 Å². The first-order valence-corrected chi connectivity index (χ1v) is 3.30. The van der Waals surface area contributed by atoms with Gasteiger partial charge in [-0.2, -0.15) is 4.98 Å². The van der Waals surface area contributed by atoms with E-state index in [1.165, 1.54) is 13.3 Å². The summed E-state index contributed by atoms with van der Waals surface area (Å²) in [6.45, 7) is 1.45. The van der Waals surface area contributed by atoms with Gasteiger partial charge in [-0.05, 0) is 6.92 Å². The van der Waals surface area contributed by atoms with Crippen molar-refractivity contribution >= 4 is 5.97 Å². The molecule has 0 aliphatic carbocycles. The van der Waals surface area contributed by atoms with Crippen molar-refractivity contribution in [2.24, 2.45) is 0 Å². The van der Waals surface area contributed by atoms with Crippen molar-refractivity contribution in [3.05, 3.63) is 12.2 Å². The number of ether oxygens (including phenoxy) is 1. The Morgan fingerprint density at radius 2 is 2.67 bits per heavy atom. The first-order valence-electron chi connectivity index (χ1n) is 3.30. The second-order valence-corrected chi connectivity index (χ2v) is 2.13. The molecular formula is C6H8N2O4. The monoisotopic (exact) mass is 172 g/mol. The lowest BCUT2D eigenvalue weighted by Gasteiger charge is -2.04. The van der Waals surface area contributed by atoms with Gasteiger partial charge < -0.3 is 14.4 Å². The van der Waals surface area contributed by atoms with Crippen LogP contribution in [0.3, 0.4) is 0 Å². The van der Waals surface area contributed by atoms with Crippen LogP contribution in [-0.2, 0) is 16.1 Å². The number of carboxylic acids is 1. The molecule has 1 N–H and O–H groups in total. The van der Waals surface area contributed by atoms with Crippen LogP contribution >= 0.6 is 0 Å². The Morgan fingerprint density at radius 3 is 3.17 bits per heavy atom. The minimum absolute atomic E-state index is 0.0213. The number of hydrogen-bond acceptors (Lipinski definition) is 5. The van der Waals surface area contributed by atoms with Gasteiger partial charge in [-0.25, -0.2) is 4.79 Å². The van der Waals surface area contributed by atoms with E-state index in [0.717, 1.165) is 0 Å². The lowest BCUT2D eigenvalue weighted by Crippen LogP contribution is -2.19. The average molecular weight is 172 g/mol. The molecule has 0 spiro atoms. The molecule has 1 aromatic heterocycles. The van der Waals surface area contributed by atoms with E-state index in [9.17, 15) is 4.79 Å². The molecule has 0 saturated heterocycles. The van der Waals surface area contributed by atoms with Crippen LogP contribution < -0.4 is 0 Å². The fourth-order valence-corrected chi connectivity index (χ4v) is 0.527. The van der Waals surface area contributed by atoms with Gasteiger partial charge in [0, 0.05) is 0 Å². The summed E-state index contributed by atoms with van der Waals surface area (Å²) in [6, 6.07) is 0. The second kappa shape index (κ2) is 3.82. The highest BCUT2D eigenvalue weighted by Gasteiger charge is 2.12. The van der Waals surface area contributed by atoms with Crippen LogP contribution in [0.5, 0.6) is 0 Å². The van der Waals surface area contributed by atoms with E-state index < -0.39 is 12.1 Å². The summed E-state index contributed by atoms with van der Waals surface area (Å²) in [6.07, 6.45) is 0.362. The van der Waals surface area contributed by atoms with Crippen LogP contribution in [0.1, 0.15) is 12.8 Å². The standard InChI is InChI=1S/C6H8N2O4/c1-4(6(9)10)11-2-5-7-3-8-12-5/h3-4H,2H2,1H3,(H,9,10). The highest BCUT2D eigenvalue weighted by Crippen LogP contribution is 1.98. The molecule has 6 nitrogen and oxygen atoms in total. The van der Waals surface area contributed by atoms with Crippen LogP contribution in [0.25, 0.3) is 0 Å². The fraction of sp³-hybridized carbons (Fsp3) is 0.500. The zero-order valence-corrected chi connectivity index (χ0v) is 6.43. The molecule has 1 atom stereocenters. The normalized spacial score (nSPS) is 12.8. The van der Waals surface area contributed by atoms with Crippen molar-refractivity contribution in [1.29, 1.82) is 0 Å². The summed E-state index contributed by atoms with van der Waals surface area (Å²) >= 11 is 0. The largest absolute Gasteiger partial charge is 0.479 e. The Kier molecular flexibility index (Phi) is 2.76. The highest BCUT2D eigenvalue weighted by atomic mass is 16.5. The molecule has 0 radical (unpaired) electrons. The Morgan fingerprint density at radius 1 is 1.92 bits per heavy atom. The molecule has 0 saturated carbocycles. The average Bonchev–Trinajstić information content (AvgIpc) is 2.51. The number of rotatable bonds is 4. The van der Waals surface area contributed by atoms with E-state index in [2.05, 4.69) is 14.7 Å². The van der Waals surface area contributed by atoms with E-state index in [1.807, 2.05) is 0 Å². The third-order valence-electron chi connectivity index (χ3n) is 1.21. The van der Waals surface area contributed by atoms with Crippen molar-refractivity contribution in [2.45, 2.75) is 19.6 Å². The summed E-state index contributed by atoms with van der Waals surface area (Å²) in [5.41, 5.74) is 0. The van der Waals surface area contributed by atoms with Gasteiger partial charge in [0.05, 0.1) is 0 Å². The summed E-state index contributed by atoms with van der Waals surface area (Å²) in [5, 5.41) is 11.8. The van der Waals surface area contributed by atoms with Crippen LogP contribution in [0, 0.1) is 0 Å². The number of aliphatic carboxylic acids is 1. The molecule has 1 unspecified atom stereocenters. The molecule has 6 heteroatoms.